The molecule has 1 aliphatic carbocycles. The van der Waals surface area contributed by atoms with Gasteiger partial charge in [-0.1, -0.05) is 31.4 Å². The highest BCUT2D eigenvalue weighted by Gasteiger charge is 2.13. The zero-order valence-electron chi connectivity index (χ0n) is 13.1. The molecule has 2 aromatic rings. The van der Waals surface area contributed by atoms with Gasteiger partial charge in [0.05, 0.1) is 6.20 Å². The number of benzene rings is 1. The predicted octanol–water partition coefficient (Wildman–Crippen LogP) is 3.41. The van der Waals surface area contributed by atoms with Crippen LogP contribution in [0, 0.1) is 5.82 Å². The van der Waals surface area contributed by atoms with Gasteiger partial charge in [-0.05, 0) is 37.0 Å². The van der Waals surface area contributed by atoms with E-state index in [1.54, 1.807) is 18.3 Å². The second-order valence-electron chi connectivity index (χ2n) is 5.95. The lowest BCUT2D eigenvalue weighted by Crippen LogP contribution is -2.23. The van der Waals surface area contributed by atoms with Crippen LogP contribution in [0.2, 0.25) is 0 Å². The van der Waals surface area contributed by atoms with E-state index in [1.807, 2.05) is 0 Å². The molecule has 0 bridgehead atoms. The molecule has 0 atom stereocenters. The summed E-state index contributed by atoms with van der Waals surface area (Å²) in [4.78, 5) is 4.46. The second-order valence-corrected chi connectivity index (χ2v) is 5.95. The third-order valence-electron chi connectivity index (χ3n) is 4.13. The minimum absolute atomic E-state index is 0.212. The van der Waals surface area contributed by atoms with Crippen LogP contribution in [0.4, 0.5) is 16.2 Å². The number of rotatable bonds is 6. The fraction of sp³-hybridized carbons (Fsp3) is 0.471. The average Bonchev–Trinajstić information content (AvgIpc) is 2.58. The Balaban J connectivity index is 1.49. The third-order valence-corrected chi connectivity index (χ3v) is 4.13. The lowest BCUT2D eigenvalue weighted by Gasteiger charge is -2.23. The maximum atomic E-state index is 12.9. The molecular weight excluding hydrogens is 293 g/mol. The topological polar surface area (TPSA) is 62.7 Å². The van der Waals surface area contributed by atoms with Crippen molar-refractivity contribution in [3.05, 3.63) is 41.8 Å². The average molecular weight is 315 g/mol. The first kappa shape index (κ1) is 15.6. The van der Waals surface area contributed by atoms with Crippen molar-refractivity contribution in [3.8, 4) is 0 Å². The zero-order valence-corrected chi connectivity index (χ0v) is 13.1. The van der Waals surface area contributed by atoms with Crippen molar-refractivity contribution in [1.29, 1.82) is 0 Å². The van der Waals surface area contributed by atoms with E-state index in [4.69, 9.17) is 0 Å². The van der Waals surface area contributed by atoms with E-state index in [2.05, 4.69) is 25.8 Å². The van der Waals surface area contributed by atoms with Gasteiger partial charge in [-0.25, -0.2) is 4.39 Å². The van der Waals surface area contributed by atoms with E-state index in [0.717, 1.165) is 17.8 Å². The summed E-state index contributed by atoms with van der Waals surface area (Å²) in [6, 6.07) is 7.02. The van der Waals surface area contributed by atoms with Crippen molar-refractivity contribution in [2.75, 3.05) is 17.2 Å². The molecular formula is C17H22FN5. The Labute approximate surface area is 135 Å². The van der Waals surface area contributed by atoms with Crippen molar-refractivity contribution in [1.82, 2.24) is 15.2 Å². The van der Waals surface area contributed by atoms with Gasteiger partial charge in [-0.3, -0.25) is 0 Å². The van der Waals surface area contributed by atoms with Crippen molar-refractivity contribution in [3.63, 3.8) is 0 Å². The van der Waals surface area contributed by atoms with Crippen LogP contribution in [-0.2, 0) is 6.42 Å². The highest BCUT2D eigenvalue weighted by atomic mass is 19.1. The number of hydrogen-bond acceptors (Lipinski definition) is 5. The molecule has 1 aromatic heterocycles. The van der Waals surface area contributed by atoms with Gasteiger partial charge >= 0.3 is 0 Å². The molecule has 0 radical (unpaired) electrons. The fourth-order valence-corrected chi connectivity index (χ4v) is 2.87. The lowest BCUT2D eigenvalue weighted by molar-refractivity contribution is 0.461. The van der Waals surface area contributed by atoms with E-state index in [1.165, 1.54) is 44.2 Å². The standard InChI is InChI=1S/C17H22FN5/c18-14-8-6-13(7-9-14)10-11-19-17-22-16(12-20-23-17)21-15-4-2-1-3-5-15/h6-9,12,15H,1-5,10-11H2,(H2,19,21,22,23). The molecule has 5 nitrogen and oxygen atoms in total. The molecule has 1 fully saturated rings. The maximum absolute atomic E-state index is 12.9. The first-order valence-corrected chi connectivity index (χ1v) is 8.24. The Morgan fingerprint density at radius 3 is 2.65 bits per heavy atom. The maximum Gasteiger partial charge on any atom is 0.244 e. The van der Waals surface area contributed by atoms with Crippen LogP contribution in [0.3, 0.4) is 0 Å². The predicted molar refractivity (Wildman–Crippen MR) is 88.9 cm³/mol. The minimum atomic E-state index is -0.212. The van der Waals surface area contributed by atoms with Crippen LogP contribution in [0.5, 0.6) is 0 Å². The van der Waals surface area contributed by atoms with Gasteiger partial charge < -0.3 is 10.6 Å². The summed E-state index contributed by atoms with van der Waals surface area (Å²) >= 11 is 0. The summed E-state index contributed by atoms with van der Waals surface area (Å²) in [5.41, 5.74) is 1.07. The van der Waals surface area contributed by atoms with Crippen molar-refractivity contribution in [2.45, 2.75) is 44.6 Å². The summed E-state index contributed by atoms with van der Waals surface area (Å²) in [7, 11) is 0. The van der Waals surface area contributed by atoms with Gasteiger partial charge in [0.25, 0.3) is 0 Å². The molecule has 23 heavy (non-hydrogen) atoms. The van der Waals surface area contributed by atoms with Gasteiger partial charge in [-0.2, -0.15) is 10.1 Å². The van der Waals surface area contributed by atoms with E-state index in [9.17, 15) is 4.39 Å². The number of nitrogens with one attached hydrogen (secondary N) is 2. The number of anilines is 2. The lowest BCUT2D eigenvalue weighted by atomic mass is 9.96. The monoisotopic (exact) mass is 315 g/mol. The summed E-state index contributed by atoms with van der Waals surface area (Å²) < 4.78 is 12.9. The quantitative estimate of drug-likeness (QED) is 0.855. The molecule has 2 N–H and O–H groups in total. The Bertz CT molecular complexity index is 611. The van der Waals surface area contributed by atoms with Crippen LogP contribution in [0.1, 0.15) is 37.7 Å². The van der Waals surface area contributed by atoms with Gasteiger partial charge in [0, 0.05) is 12.6 Å². The molecule has 122 valence electrons. The van der Waals surface area contributed by atoms with Crippen LogP contribution >= 0.6 is 0 Å². The molecule has 0 unspecified atom stereocenters. The number of nitrogens with zero attached hydrogens (tertiary/aromatic N) is 3. The Morgan fingerprint density at radius 2 is 1.87 bits per heavy atom. The molecule has 1 aromatic carbocycles. The summed E-state index contributed by atoms with van der Waals surface area (Å²) in [5, 5.41) is 14.6. The number of aromatic nitrogens is 3. The van der Waals surface area contributed by atoms with Crippen molar-refractivity contribution in [2.24, 2.45) is 0 Å². The first-order chi connectivity index (χ1) is 11.3. The summed E-state index contributed by atoms with van der Waals surface area (Å²) in [6.07, 6.45) is 8.71. The van der Waals surface area contributed by atoms with Gasteiger partial charge in [-0.15, -0.1) is 5.10 Å². The second kappa shape index (κ2) is 7.85. The summed E-state index contributed by atoms with van der Waals surface area (Å²) in [6.45, 7) is 0.681. The Hall–Kier alpha value is -2.24. The molecule has 3 rings (SSSR count). The molecule has 1 saturated carbocycles. The number of halogens is 1. The molecule has 1 heterocycles. The molecule has 0 saturated heterocycles. The normalized spacial score (nSPS) is 15.3. The highest BCUT2D eigenvalue weighted by Crippen LogP contribution is 2.20. The molecule has 0 amide bonds. The fourth-order valence-electron chi connectivity index (χ4n) is 2.87. The van der Waals surface area contributed by atoms with Gasteiger partial charge in [0.2, 0.25) is 5.95 Å². The SMILES string of the molecule is Fc1ccc(CCNc2nncc(NC3CCCCC3)n2)cc1. The first-order valence-electron chi connectivity index (χ1n) is 8.24. The third kappa shape index (κ3) is 4.87. The van der Waals surface area contributed by atoms with Gasteiger partial charge in [0.1, 0.15) is 5.82 Å². The van der Waals surface area contributed by atoms with Crippen LogP contribution in [0.25, 0.3) is 0 Å². The molecule has 0 aliphatic heterocycles. The minimum Gasteiger partial charge on any atom is -0.366 e. The van der Waals surface area contributed by atoms with E-state index >= 15 is 0 Å². The van der Waals surface area contributed by atoms with Crippen molar-refractivity contribution < 1.29 is 4.39 Å². The Kier molecular flexibility index (Phi) is 5.34. The van der Waals surface area contributed by atoms with E-state index in [0.29, 0.717) is 18.5 Å². The van der Waals surface area contributed by atoms with Crippen molar-refractivity contribution >= 4 is 11.8 Å². The van der Waals surface area contributed by atoms with Crippen LogP contribution in [0.15, 0.2) is 30.5 Å². The van der Waals surface area contributed by atoms with Crippen LogP contribution < -0.4 is 10.6 Å². The summed E-state index contributed by atoms with van der Waals surface area (Å²) in [5.74, 6) is 1.08. The molecule has 0 spiro atoms. The Morgan fingerprint density at radius 1 is 1.09 bits per heavy atom. The number of hydrogen-bond donors (Lipinski definition) is 2. The van der Waals surface area contributed by atoms with E-state index in [-0.39, 0.29) is 5.82 Å². The highest BCUT2D eigenvalue weighted by molar-refractivity contribution is 5.38. The smallest absolute Gasteiger partial charge is 0.244 e. The largest absolute Gasteiger partial charge is 0.366 e. The van der Waals surface area contributed by atoms with E-state index < -0.39 is 0 Å². The molecule has 1 aliphatic rings. The molecule has 6 heteroatoms. The van der Waals surface area contributed by atoms with Gasteiger partial charge in [0.15, 0.2) is 5.82 Å². The zero-order chi connectivity index (χ0) is 15.9. The van der Waals surface area contributed by atoms with Crippen LogP contribution in [-0.4, -0.2) is 27.8 Å².